The van der Waals surface area contributed by atoms with Gasteiger partial charge in [0.1, 0.15) is 5.75 Å². The molecule has 0 bridgehead atoms. The first-order valence-corrected chi connectivity index (χ1v) is 7.49. The first-order valence-electron chi connectivity index (χ1n) is 5.79. The average molecular weight is 292 g/mol. The molecule has 1 atom stereocenters. The van der Waals surface area contributed by atoms with Crippen LogP contribution >= 0.6 is 22.7 Å². The molecule has 0 saturated heterocycles. The second-order valence-corrected chi connectivity index (χ2v) is 6.43. The summed E-state index contributed by atoms with van der Waals surface area (Å²) in [6.45, 7) is 3.64. The second-order valence-electron chi connectivity index (χ2n) is 4.28. The van der Waals surface area contributed by atoms with Crippen molar-refractivity contribution in [3.05, 3.63) is 22.5 Å². The third-order valence-electron chi connectivity index (χ3n) is 2.87. The number of nitrogens with two attached hydrogens (primary N) is 1. The Labute approximate surface area is 117 Å². The molecule has 2 heterocycles. The Kier molecular flexibility index (Phi) is 2.91. The van der Waals surface area contributed by atoms with Crippen LogP contribution in [-0.4, -0.2) is 17.0 Å². The molecule has 1 unspecified atom stereocenters. The predicted molar refractivity (Wildman–Crippen MR) is 79.0 cm³/mol. The van der Waals surface area contributed by atoms with Gasteiger partial charge in [0, 0.05) is 11.5 Å². The standard InChI is InChI=1S/C13H12N2O2S2/c1-6(13(14)16)17-9-5-10-11(15-7(2)19-10)12-8(9)3-4-18-12/h3-6H,1-2H3,(H2,14,16). The van der Waals surface area contributed by atoms with Crippen LogP contribution < -0.4 is 10.5 Å². The van der Waals surface area contributed by atoms with Gasteiger partial charge in [0.15, 0.2) is 6.10 Å². The van der Waals surface area contributed by atoms with E-state index < -0.39 is 12.0 Å². The summed E-state index contributed by atoms with van der Waals surface area (Å²) < 4.78 is 7.84. The number of aryl methyl sites for hydroxylation is 1. The van der Waals surface area contributed by atoms with Crippen molar-refractivity contribution in [1.82, 2.24) is 4.98 Å². The van der Waals surface area contributed by atoms with E-state index >= 15 is 0 Å². The van der Waals surface area contributed by atoms with Gasteiger partial charge in [-0.05, 0) is 25.3 Å². The van der Waals surface area contributed by atoms with Crippen molar-refractivity contribution >= 4 is 48.9 Å². The van der Waals surface area contributed by atoms with Crippen molar-refractivity contribution in [3.63, 3.8) is 0 Å². The molecule has 4 nitrogen and oxygen atoms in total. The highest BCUT2D eigenvalue weighted by Gasteiger charge is 2.16. The highest BCUT2D eigenvalue weighted by Crippen LogP contribution is 2.39. The molecule has 2 aromatic heterocycles. The highest BCUT2D eigenvalue weighted by atomic mass is 32.1. The summed E-state index contributed by atoms with van der Waals surface area (Å²) >= 11 is 3.25. The Bertz CT molecular complexity index is 775. The molecule has 3 aromatic rings. The van der Waals surface area contributed by atoms with E-state index in [4.69, 9.17) is 10.5 Å². The van der Waals surface area contributed by atoms with Gasteiger partial charge >= 0.3 is 0 Å². The van der Waals surface area contributed by atoms with Gasteiger partial charge in [-0.15, -0.1) is 22.7 Å². The van der Waals surface area contributed by atoms with E-state index in [1.165, 1.54) is 0 Å². The van der Waals surface area contributed by atoms with Gasteiger partial charge < -0.3 is 10.5 Å². The van der Waals surface area contributed by atoms with Crippen LogP contribution in [0.4, 0.5) is 0 Å². The van der Waals surface area contributed by atoms with Crippen LogP contribution in [0.2, 0.25) is 0 Å². The van der Waals surface area contributed by atoms with Crippen LogP contribution in [0.5, 0.6) is 5.75 Å². The maximum absolute atomic E-state index is 11.1. The number of fused-ring (bicyclic) bond motifs is 3. The van der Waals surface area contributed by atoms with E-state index in [-0.39, 0.29) is 0 Å². The van der Waals surface area contributed by atoms with Crippen LogP contribution in [0, 0.1) is 6.92 Å². The Balaban J connectivity index is 2.21. The lowest BCUT2D eigenvalue weighted by molar-refractivity contribution is -0.123. The normalized spacial score (nSPS) is 12.9. The molecule has 19 heavy (non-hydrogen) atoms. The SMILES string of the molecule is Cc1nc2c(cc(OC(C)C(N)=O)c3ccsc32)s1. The Morgan fingerprint density at radius 2 is 2.32 bits per heavy atom. The van der Waals surface area contributed by atoms with Gasteiger partial charge in [-0.1, -0.05) is 0 Å². The van der Waals surface area contributed by atoms with Gasteiger partial charge in [-0.3, -0.25) is 4.79 Å². The number of thiophene rings is 1. The molecule has 0 saturated carbocycles. The van der Waals surface area contributed by atoms with Crippen molar-refractivity contribution in [2.24, 2.45) is 5.73 Å². The number of ether oxygens (including phenoxy) is 1. The average Bonchev–Trinajstić information content (AvgIpc) is 2.93. The molecule has 0 aliphatic rings. The van der Waals surface area contributed by atoms with E-state index in [2.05, 4.69) is 4.98 Å². The summed E-state index contributed by atoms with van der Waals surface area (Å²) in [7, 11) is 0. The summed E-state index contributed by atoms with van der Waals surface area (Å²) in [6.07, 6.45) is -0.644. The molecule has 0 fully saturated rings. The molecular formula is C13H12N2O2S2. The number of rotatable bonds is 3. The molecule has 0 spiro atoms. The maximum atomic E-state index is 11.1. The first-order chi connectivity index (χ1) is 9.06. The monoisotopic (exact) mass is 292 g/mol. The maximum Gasteiger partial charge on any atom is 0.258 e. The number of primary amides is 1. The zero-order valence-corrected chi connectivity index (χ0v) is 12.1. The Morgan fingerprint density at radius 1 is 1.53 bits per heavy atom. The van der Waals surface area contributed by atoms with Crippen molar-refractivity contribution < 1.29 is 9.53 Å². The van der Waals surface area contributed by atoms with E-state index in [1.807, 2.05) is 24.4 Å². The summed E-state index contributed by atoms with van der Waals surface area (Å²) in [5.41, 5.74) is 6.25. The van der Waals surface area contributed by atoms with Crippen LogP contribution in [0.25, 0.3) is 20.3 Å². The molecule has 6 heteroatoms. The number of benzene rings is 1. The van der Waals surface area contributed by atoms with Gasteiger partial charge in [0.05, 0.1) is 19.9 Å². The fourth-order valence-electron chi connectivity index (χ4n) is 1.93. The number of amides is 1. The molecule has 0 aliphatic heterocycles. The largest absolute Gasteiger partial charge is 0.480 e. The molecule has 1 aromatic carbocycles. The number of hydrogen-bond acceptors (Lipinski definition) is 5. The molecular weight excluding hydrogens is 280 g/mol. The van der Waals surface area contributed by atoms with Crippen LogP contribution in [0.1, 0.15) is 11.9 Å². The smallest absolute Gasteiger partial charge is 0.258 e. The number of aromatic nitrogens is 1. The van der Waals surface area contributed by atoms with E-state index in [9.17, 15) is 4.79 Å². The molecule has 2 N–H and O–H groups in total. The second kappa shape index (κ2) is 4.47. The lowest BCUT2D eigenvalue weighted by Gasteiger charge is -2.12. The highest BCUT2D eigenvalue weighted by molar-refractivity contribution is 7.21. The summed E-state index contributed by atoms with van der Waals surface area (Å²) in [5, 5.41) is 4.00. The zero-order chi connectivity index (χ0) is 13.6. The lowest BCUT2D eigenvalue weighted by atomic mass is 10.2. The number of thiazole rings is 1. The number of carbonyl (C=O) groups excluding carboxylic acids is 1. The molecule has 0 aliphatic carbocycles. The third-order valence-corrected chi connectivity index (χ3v) is 4.71. The van der Waals surface area contributed by atoms with Crippen molar-refractivity contribution in [3.8, 4) is 5.75 Å². The van der Waals surface area contributed by atoms with Crippen molar-refractivity contribution in [2.75, 3.05) is 0 Å². The zero-order valence-electron chi connectivity index (χ0n) is 10.5. The minimum absolute atomic E-state index is 0.469. The van der Waals surface area contributed by atoms with Gasteiger partial charge in [0.2, 0.25) is 0 Å². The molecule has 1 amide bonds. The Hall–Kier alpha value is -1.66. The van der Waals surface area contributed by atoms with Crippen molar-refractivity contribution in [2.45, 2.75) is 20.0 Å². The lowest BCUT2D eigenvalue weighted by Crippen LogP contribution is -2.30. The summed E-state index contributed by atoms with van der Waals surface area (Å²) in [4.78, 5) is 15.7. The first kappa shape index (κ1) is 12.4. The quantitative estimate of drug-likeness (QED) is 0.806. The van der Waals surface area contributed by atoms with E-state index in [1.54, 1.807) is 29.6 Å². The fraction of sp³-hybridized carbons (Fsp3) is 0.231. The fourth-order valence-corrected chi connectivity index (χ4v) is 3.77. The Morgan fingerprint density at radius 3 is 3.05 bits per heavy atom. The van der Waals surface area contributed by atoms with Gasteiger partial charge in [-0.2, -0.15) is 0 Å². The number of carbonyl (C=O) groups is 1. The van der Waals surface area contributed by atoms with E-state index in [0.29, 0.717) is 5.75 Å². The summed E-state index contributed by atoms with van der Waals surface area (Å²) in [5.74, 6) is 0.225. The topological polar surface area (TPSA) is 65.2 Å². The summed E-state index contributed by atoms with van der Waals surface area (Å²) in [6, 6.07) is 3.92. The number of hydrogen-bond donors (Lipinski definition) is 1. The minimum atomic E-state index is -0.644. The minimum Gasteiger partial charge on any atom is -0.480 e. The van der Waals surface area contributed by atoms with Gasteiger partial charge in [0.25, 0.3) is 5.91 Å². The molecule has 0 radical (unpaired) electrons. The predicted octanol–water partition coefficient (Wildman–Crippen LogP) is 3.07. The number of nitrogens with zero attached hydrogens (tertiary/aromatic N) is 1. The molecule has 3 rings (SSSR count). The molecule has 98 valence electrons. The van der Waals surface area contributed by atoms with E-state index in [0.717, 1.165) is 25.3 Å². The van der Waals surface area contributed by atoms with Crippen molar-refractivity contribution in [1.29, 1.82) is 0 Å². The van der Waals surface area contributed by atoms with Crippen LogP contribution in [-0.2, 0) is 4.79 Å². The van der Waals surface area contributed by atoms with Crippen LogP contribution in [0.15, 0.2) is 17.5 Å². The third kappa shape index (κ3) is 2.06. The van der Waals surface area contributed by atoms with Gasteiger partial charge in [-0.25, -0.2) is 4.98 Å². The van der Waals surface area contributed by atoms with Crippen LogP contribution in [0.3, 0.4) is 0 Å².